The lowest BCUT2D eigenvalue weighted by Gasteiger charge is -2.46. The molecule has 0 aromatic heterocycles. The van der Waals surface area contributed by atoms with Crippen LogP contribution in [0.4, 0.5) is 0 Å². The van der Waals surface area contributed by atoms with E-state index in [1.54, 1.807) is 0 Å². The second-order valence-electron chi connectivity index (χ2n) is 3.25. The van der Waals surface area contributed by atoms with E-state index in [-0.39, 0.29) is 0 Å². The van der Waals surface area contributed by atoms with Crippen LogP contribution in [-0.2, 0) is 0 Å². The van der Waals surface area contributed by atoms with E-state index in [9.17, 15) is 0 Å². The predicted octanol–water partition coefficient (Wildman–Crippen LogP) is 1.88. The molecule has 1 fully saturated rings. The molecular formula is C5H12SSi2. The molecule has 1 aliphatic heterocycles. The largest absolute Gasteiger partial charge is 0.187 e. The van der Waals surface area contributed by atoms with Crippen molar-refractivity contribution in [3.8, 4) is 0 Å². The lowest BCUT2D eigenvalue weighted by molar-refractivity contribution is 1.000. The lowest BCUT2D eigenvalue weighted by atomic mass is 10.5. The summed E-state index contributed by atoms with van der Waals surface area (Å²) in [5.74, 6) is 0. The first-order valence-corrected chi connectivity index (χ1v) is 9.45. The molecule has 2 radical (unpaired) electrons. The maximum absolute atomic E-state index is 2.46. The van der Waals surface area contributed by atoms with E-state index >= 15 is 0 Å². The quantitative estimate of drug-likeness (QED) is 0.488. The fraction of sp³-hybridized carbons (Fsp3) is 1.00. The van der Waals surface area contributed by atoms with Crippen LogP contribution in [0.1, 0.15) is 13.8 Å². The number of rotatable bonds is 0. The zero-order valence-electron chi connectivity index (χ0n) is 5.91. The molecule has 0 spiro atoms. The molecule has 1 saturated heterocycles. The predicted molar refractivity (Wildman–Crippen MR) is 44.9 cm³/mol. The van der Waals surface area contributed by atoms with Crippen LogP contribution in [0.2, 0.25) is 13.1 Å². The average Bonchev–Trinajstić information content (AvgIpc) is 1.20. The van der Waals surface area contributed by atoms with Gasteiger partial charge in [0.2, 0.25) is 0 Å². The molecule has 1 heterocycles. The van der Waals surface area contributed by atoms with Crippen molar-refractivity contribution in [3.05, 3.63) is 0 Å². The SMILES string of the molecule is CC1(C)[Si][Si](C)(C)S1. The van der Waals surface area contributed by atoms with Crippen LogP contribution in [0, 0.1) is 0 Å². The number of hydrogen-bond acceptors (Lipinski definition) is 1. The van der Waals surface area contributed by atoms with E-state index in [0.29, 0.717) is 4.37 Å². The molecule has 1 aliphatic rings. The van der Waals surface area contributed by atoms with Crippen molar-refractivity contribution in [2.75, 3.05) is 0 Å². The van der Waals surface area contributed by atoms with Gasteiger partial charge in [0.05, 0.1) is 15.8 Å². The summed E-state index contributed by atoms with van der Waals surface area (Å²) in [5.41, 5.74) is 0. The van der Waals surface area contributed by atoms with Gasteiger partial charge in [0.25, 0.3) is 0 Å². The highest BCUT2D eigenvalue weighted by Crippen LogP contribution is 2.43. The van der Waals surface area contributed by atoms with Crippen molar-refractivity contribution >= 4 is 27.0 Å². The Bertz CT molecular complexity index is 87.0. The summed E-state index contributed by atoms with van der Waals surface area (Å²) in [5, 5.41) is 0. The van der Waals surface area contributed by atoms with Crippen LogP contribution in [-0.4, -0.2) is 20.1 Å². The Morgan fingerprint density at radius 2 is 1.75 bits per heavy atom. The van der Waals surface area contributed by atoms with E-state index in [0.717, 1.165) is 0 Å². The highest BCUT2D eigenvalue weighted by Gasteiger charge is 2.45. The van der Waals surface area contributed by atoms with Crippen molar-refractivity contribution in [2.45, 2.75) is 31.3 Å². The third kappa shape index (κ3) is 1.39. The Balaban J connectivity index is 2.42. The zero-order valence-corrected chi connectivity index (χ0v) is 8.72. The van der Waals surface area contributed by atoms with E-state index in [1.807, 2.05) is 0 Å². The van der Waals surface area contributed by atoms with Crippen molar-refractivity contribution in [1.82, 2.24) is 0 Å². The third-order valence-corrected chi connectivity index (χ3v) is 13.7. The maximum atomic E-state index is 2.46. The minimum absolute atomic E-state index is 0.642. The van der Waals surface area contributed by atoms with Crippen molar-refractivity contribution < 1.29 is 0 Å². The molecule has 0 unspecified atom stereocenters. The highest BCUT2D eigenvalue weighted by atomic mass is 32.4. The third-order valence-electron chi connectivity index (χ3n) is 1.11. The van der Waals surface area contributed by atoms with Gasteiger partial charge in [0.1, 0.15) is 0 Å². The number of hydrogen-bond donors (Lipinski definition) is 0. The molecule has 0 bridgehead atoms. The molecule has 8 heavy (non-hydrogen) atoms. The van der Waals surface area contributed by atoms with E-state index in [2.05, 4.69) is 38.2 Å². The normalized spacial score (nSPS) is 31.5. The molecule has 0 aromatic carbocycles. The summed E-state index contributed by atoms with van der Waals surface area (Å²) in [4.78, 5) is 0. The van der Waals surface area contributed by atoms with Crippen LogP contribution >= 0.6 is 11.2 Å². The van der Waals surface area contributed by atoms with Crippen LogP contribution in [0.25, 0.3) is 0 Å². The minimum Gasteiger partial charge on any atom is -0.187 e. The summed E-state index contributed by atoms with van der Waals surface area (Å²) in [6.07, 6.45) is 0. The first-order valence-electron chi connectivity index (χ1n) is 2.91. The summed E-state index contributed by atoms with van der Waals surface area (Å²) in [7, 11) is 1.28. The van der Waals surface area contributed by atoms with Crippen molar-refractivity contribution in [2.24, 2.45) is 0 Å². The second-order valence-corrected chi connectivity index (χ2v) is 18.6. The zero-order chi connectivity index (χ0) is 6.41. The summed E-state index contributed by atoms with van der Waals surface area (Å²) >= 11 is 2.24. The van der Waals surface area contributed by atoms with Gasteiger partial charge in [-0.1, -0.05) is 26.9 Å². The molecule has 0 aromatic rings. The molecular weight excluding hydrogens is 148 g/mol. The van der Waals surface area contributed by atoms with Crippen LogP contribution in [0.15, 0.2) is 0 Å². The molecule has 0 nitrogen and oxygen atoms in total. The van der Waals surface area contributed by atoms with Crippen LogP contribution in [0.5, 0.6) is 0 Å². The summed E-state index contributed by atoms with van der Waals surface area (Å²) in [6.45, 7) is 8.99. The van der Waals surface area contributed by atoms with Gasteiger partial charge >= 0.3 is 0 Å². The van der Waals surface area contributed by atoms with Gasteiger partial charge in [0, 0.05) is 0 Å². The molecule has 46 valence electrons. The Morgan fingerprint density at radius 3 is 1.75 bits per heavy atom. The average molecular weight is 160 g/mol. The Hall–Kier alpha value is 0.784. The highest BCUT2D eigenvalue weighted by molar-refractivity contribution is 8.41. The fourth-order valence-corrected chi connectivity index (χ4v) is 20.6. The molecule has 0 amide bonds. The molecule has 0 saturated carbocycles. The maximum Gasteiger partial charge on any atom is 0.0993 e. The molecule has 0 N–H and O–H groups in total. The lowest BCUT2D eigenvalue weighted by Crippen LogP contribution is -2.56. The van der Waals surface area contributed by atoms with Crippen LogP contribution < -0.4 is 0 Å². The van der Waals surface area contributed by atoms with Gasteiger partial charge in [-0.15, -0.1) is 0 Å². The fourth-order valence-electron chi connectivity index (χ4n) is 1.37. The van der Waals surface area contributed by atoms with Gasteiger partial charge in [-0.2, -0.15) is 11.2 Å². The monoisotopic (exact) mass is 160 g/mol. The minimum atomic E-state index is -0.642. The smallest absolute Gasteiger partial charge is 0.0993 e. The van der Waals surface area contributed by atoms with Crippen LogP contribution in [0.3, 0.4) is 0 Å². The Kier molecular flexibility index (Phi) is 1.41. The topological polar surface area (TPSA) is 0 Å². The molecule has 1 rings (SSSR count). The van der Waals surface area contributed by atoms with Gasteiger partial charge in [-0.25, -0.2) is 0 Å². The summed E-state index contributed by atoms with van der Waals surface area (Å²) < 4.78 is 0.662. The molecule has 3 heteroatoms. The first kappa shape index (κ1) is 6.90. The van der Waals surface area contributed by atoms with Crippen molar-refractivity contribution in [1.29, 1.82) is 0 Å². The van der Waals surface area contributed by atoms with Gasteiger partial charge < -0.3 is 0 Å². The van der Waals surface area contributed by atoms with Gasteiger partial charge in [-0.3, -0.25) is 0 Å². The van der Waals surface area contributed by atoms with Gasteiger partial charge in [0.15, 0.2) is 0 Å². The first-order chi connectivity index (χ1) is 3.41. The molecule has 0 atom stereocenters. The van der Waals surface area contributed by atoms with Crippen molar-refractivity contribution in [3.63, 3.8) is 0 Å². The van der Waals surface area contributed by atoms with E-state index in [4.69, 9.17) is 0 Å². The standard InChI is InChI=1S/C5H12SSi2/c1-5(2)6-8(3,4)7-5/h1-4H3. The van der Waals surface area contributed by atoms with E-state index < -0.39 is 6.74 Å². The van der Waals surface area contributed by atoms with Gasteiger partial charge in [-0.05, 0) is 4.37 Å². The second kappa shape index (κ2) is 1.64. The van der Waals surface area contributed by atoms with E-state index in [1.165, 1.54) is 9.04 Å². The summed E-state index contributed by atoms with van der Waals surface area (Å²) in [6, 6.07) is 0. The Morgan fingerprint density at radius 1 is 1.38 bits per heavy atom. The Labute approximate surface area is 58.7 Å². The molecule has 0 aliphatic carbocycles.